The Hall–Kier alpha value is -3.75. The zero-order chi connectivity index (χ0) is 29.8. The predicted molar refractivity (Wildman–Crippen MR) is 175 cm³/mol. The van der Waals surface area contributed by atoms with Crippen LogP contribution in [0.25, 0.3) is 6.08 Å². The fourth-order valence-electron chi connectivity index (χ4n) is 4.02. The van der Waals surface area contributed by atoms with Crippen LogP contribution in [0.5, 0.6) is 5.75 Å². The molecule has 1 fully saturated rings. The molecule has 10 heteroatoms. The average molecular weight is 637 g/mol. The number of aliphatic imine (C=N–C) groups is 1. The lowest BCUT2D eigenvalue weighted by Crippen LogP contribution is -2.28. The van der Waals surface area contributed by atoms with Crippen LogP contribution in [-0.4, -0.2) is 23.6 Å². The first-order valence-electron chi connectivity index (χ1n) is 12.8. The number of amides is 2. The third-order valence-electron chi connectivity index (χ3n) is 6.18. The van der Waals surface area contributed by atoms with E-state index in [1.807, 2.05) is 62.4 Å². The van der Waals surface area contributed by atoms with Crippen molar-refractivity contribution in [2.45, 2.75) is 13.8 Å². The number of aryl methyl sites for hydroxylation is 2. The summed E-state index contributed by atoms with van der Waals surface area (Å²) in [5.74, 6) is -0.250. The number of nitrogens with zero attached hydrogens (tertiary/aromatic N) is 2. The van der Waals surface area contributed by atoms with Gasteiger partial charge in [-0.3, -0.25) is 14.5 Å². The van der Waals surface area contributed by atoms with Gasteiger partial charge < -0.3 is 10.1 Å². The lowest BCUT2D eigenvalue weighted by Gasteiger charge is -2.16. The molecule has 0 atom stereocenters. The number of benzene rings is 4. The SMILES string of the molecule is Cc1ccc(N=C2S/C(=C/c3cc(Cl)ccc3OCC(=O)Nc3ccc(Cl)c(Cl)c3)C(=O)N2c2ccc(C)cc2)cc1. The van der Waals surface area contributed by atoms with Gasteiger partial charge in [-0.15, -0.1) is 0 Å². The minimum Gasteiger partial charge on any atom is -0.483 e. The summed E-state index contributed by atoms with van der Waals surface area (Å²) in [7, 11) is 0. The zero-order valence-corrected chi connectivity index (χ0v) is 25.6. The third kappa shape index (κ3) is 7.17. The monoisotopic (exact) mass is 635 g/mol. The fourth-order valence-corrected chi connectivity index (χ4v) is 5.49. The van der Waals surface area contributed by atoms with Crippen LogP contribution in [0.1, 0.15) is 16.7 Å². The summed E-state index contributed by atoms with van der Waals surface area (Å²) in [5, 5.41) is 4.40. The first kappa shape index (κ1) is 29.7. The van der Waals surface area contributed by atoms with E-state index in [2.05, 4.69) is 5.32 Å². The number of halogens is 3. The van der Waals surface area contributed by atoms with E-state index in [4.69, 9.17) is 44.5 Å². The summed E-state index contributed by atoms with van der Waals surface area (Å²) >= 11 is 19.6. The Morgan fingerprint density at radius 1 is 0.905 bits per heavy atom. The second-order valence-electron chi connectivity index (χ2n) is 9.46. The van der Waals surface area contributed by atoms with Gasteiger partial charge in [0.2, 0.25) is 0 Å². The van der Waals surface area contributed by atoms with Gasteiger partial charge in [0.05, 0.1) is 26.3 Å². The van der Waals surface area contributed by atoms with Crippen molar-refractivity contribution in [2.24, 2.45) is 4.99 Å². The Kier molecular flexibility index (Phi) is 9.24. The summed E-state index contributed by atoms with van der Waals surface area (Å²) < 4.78 is 5.85. The Balaban J connectivity index is 1.42. The highest BCUT2D eigenvalue weighted by Crippen LogP contribution is 2.39. The minimum absolute atomic E-state index is 0.238. The van der Waals surface area contributed by atoms with Gasteiger partial charge >= 0.3 is 0 Å². The molecule has 4 aromatic rings. The quantitative estimate of drug-likeness (QED) is 0.206. The molecule has 1 aliphatic rings. The van der Waals surface area contributed by atoms with E-state index in [0.717, 1.165) is 16.8 Å². The molecule has 2 amide bonds. The molecule has 0 radical (unpaired) electrons. The third-order valence-corrected chi connectivity index (χ3v) is 8.12. The van der Waals surface area contributed by atoms with Gasteiger partial charge in [-0.2, -0.15) is 0 Å². The van der Waals surface area contributed by atoms with E-state index in [1.54, 1.807) is 47.4 Å². The maximum Gasteiger partial charge on any atom is 0.271 e. The molecule has 1 heterocycles. The highest BCUT2D eigenvalue weighted by Gasteiger charge is 2.35. The smallest absolute Gasteiger partial charge is 0.271 e. The highest BCUT2D eigenvalue weighted by atomic mass is 35.5. The van der Waals surface area contributed by atoms with Crippen molar-refractivity contribution >= 4 is 86.7 Å². The second kappa shape index (κ2) is 13.0. The van der Waals surface area contributed by atoms with Crippen LogP contribution in [0, 0.1) is 13.8 Å². The normalized spacial score (nSPS) is 15.0. The number of ether oxygens (including phenoxy) is 1. The molecule has 6 nitrogen and oxygen atoms in total. The first-order valence-corrected chi connectivity index (χ1v) is 14.7. The lowest BCUT2D eigenvalue weighted by atomic mass is 10.1. The number of carbonyl (C=O) groups is 2. The maximum absolute atomic E-state index is 13.8. The van der Waals surface area contributed by atoms with Crippen molar-refractivity contribution in [3.63, 3.8) is 0 Å². The largest absolute Gasteiger partial charge is 0.483 e. The summed E-state index contributed by atoms with van der Waals surface area (Å²) in [6, 6.07) is 25.2. The molecular formula is C32H24Cl3N3O3S. The van der Waals surface area contributed by atoms with Gasteiger partial charge in [0.1, 0.15) is 5.75 Å². The molecule has 0 unspecified atom stereocenters. The molecule has 4 aromatic carbocycles. The van der Waals surface area contributed by atoms with Crippen molar-refractivity contribution < 1.29 is 14.3 Å². The summed E-state index contributed by atoms with van der Waals surface area (Å²) in [6.07, 6.45) is 1.70. The van der Waals surface area contributed by atoms with Crippen molar-refractivity contribution in [3.8, 4) is 5.75 Å². The van der Waals surface area contributed by atoms with Gasteiger partial charge in [0, 0.05) is 16.3 Å². The van der Waals surface area contributed by atoms with Crippen LogP contribution < -0.4 is 15.0 Å². The summed E-state index contributed by atoms with van der Waals surface area (Å²) in [4.78, 5) is 33.2. The van der Waals surface area contributed by atoms with Crippen LogP contribution in [0.2, 0.25) is 15.1 Å². The zero-order valence-electron chi connectivity index (χ0n) is 22.5. The Bertz CT molecular complexity index is 1720. The number of carbonyl (C=O) groups excluding carboxylic acids is 2. The fraction of sp³-hybridized carbons (Fsp3) is 0.0938. The van der Waals surface area contributed by atoms with Gasteiger partial charge in [0.25, 0.3) is 11.8 Å². The van der Waals surface area contributed by atoms with Crippen LogP contribution in [0.3, 0.4) is 0 Å². The molecule has 1 saturated heterocycles. The van der Waals surface area contributed by atoms with Gasteiger partial charge in [-0.1, -0.05) is 70.2 Å². The van der Waals surface area contributed by atoms with E-state index >= 15 is 0 Å². The summed E-state index contributed by atoms with van der Waals surface area (Å²) in [5.41, 5.74) is 4.66. The standard InChI is InChI=1S/C32H24Cl3N3O3S/c1-19-3-8-23(9-4-19)37-32-38(25-11-5-20(2)6-12-25)31(40)29(42-32)16-21-15-22(33)7-14-28(21)41-18-30(39)36-24-10-13-26(34)27(35)17-24/h3-17H,18H2,1-2H3,(H,36,39)/b29-16+,37-32?. The number of hydrogen-bond donors (Lipinski definition) is 1. The highest BCUT2D eigenvalue weighted by molar-refractivity contribution is 8.19. The molecular weight excluding hydrogens is 613 g/mol. The van der Waals surface area contributed by atoms with Gasteiger partial charge in [0.15, 0.2) is 11.8 Å². The van der Waals surface area contributed by atoms with Crippen molar-refractivity contribution in [1.29, 1.82) is 0 Å². The predicted octanol–water partition coefficient (Wildman–Crippen LogP) is 9.09. The van der Waals surface area contributed by atoms with Gasteiger partial charge in [-0.05, 0) is 92.3 Å². The molecule has 0 spiro atoms. The topological polar surface area (TPSA) is 71.0 Å². The molecule has 0 bridgehead atoms. The number of amidine groups is 1. The molecule has 5 rings (SSSR count). The molecule has 212 valence electrons. The van der Waals surface area contributed by atoms with E-state index in [1.165, 1.54) is 11.8 Å². The number of nitrogens with one attached hydrogen (secondary N) is 1. The number of anilines is 2. The van der Waals surface area contributed by atoms with E-state index in [-0.39, 0.29) is 12.5 Å². The van der Waals surface area contributed by atoms with Gasteiger partial charge in [-0.25, -0.2) is 4.99 Å². The Morgan fingerprint density at radius 3 is 2.29 bits per heavy atom. The van der Waals surface area contributed by atoms with E-state index < -0.39 is 5.91 Å². The van der Waals surface area contributed by atoms with E-state index in [9.17, 15) is 9.59 Å². The van der Waals surface area contributed by atoms with Crippen LogP contribution in [0.4, 0.5) is 17.1 Å². The van der Waals surface area contributed by atoms with E-state index in [0.29, 0.717) is 47.8 Å². The molecule has 42 heavy (non-hydrogen) atoms. The number of thioether (sulfide) groups is 1. The molecule has 0 aliphatic carbocycles. The van der Waals surface area contributed by atoms with Crippen LogP contribution >= 0.6 is 46.6 Å². The molecule has 0 aromatic heterocycles. The van der Waals surface area contributed by atoms with Crippen molar-refractivity contribution in [1.82, 2.24) is 0 Å². The summed E-state index contributed by atoms with van der Waals surface area (Å²) in [6.45, 7) is 3.71. The van der Waals surface area contributed by atoms with Crippen LogP contribution in [0.15, 0.2) is 94.8 Å². The Labute approximate surface area is 263 Å². The minimum atomic E-state index is -0.397. The van der Waals surface area contributed by atoms with Crippen molar-refractivity contribution in [2.75, 3.05) is 16.8 Å². The van der Waals surface area contributed by atoms with Crippen LogP contribution in [-0.2, 0) is 9.59 Å². The number of rotatable bonds is 7. The molecule has 0 saturated carbocycles. The second-order valence-corrected chi connectivity index (χ2v) is 11.7. The Morgan fingerprint density at radius 2 is 1.60 bits per heavy atom. The molecule has 1 N–H and O–H groups in total. The maximum atomic E-state index is 13.8. The average Bonchev–Trinajstić information content (AvgIpc) is 3.26. The van der Waals surface area contributed by atoms with Crippen molar-refractivity contribution in [3.05, 3.63) is 122 Å². The number of hydrogen-bond acceptors (Lipinski definition) is 5. The molecule has 1 aliphatic heterocycles. The lowest BCUT2D eigenvalue weighted by molar-refractivity contribution is -0.118. The first-order chi connectivity index (χ1) is 20.2.